The monoisotopic (exact) mass is 335 g/mol. The number of nitrogens with zero attached hydrogens (tertiary/aromatic N) is 2. The molecule has 1 aromatic carbocycles. The van der Waals surface area contributed by atoms with Gasteiger partial charge >= 0.3 is 6.03 Å². The Labute approximate surface area is 138 Å². The lowest BCUT2D eigenvalue weighted by atomic mass is 10.1. The molecule has 0 saturated heterocycles. The Morgan fingerprint density at radius 3 is 2.70 bits per heavy atom. The van der Waals surface area contributed by atoms with Crippen molar-refractivity contribution in [1.82, 2.24) is 15.1 Å². The molecule has 7 nitrogen and oxygen atoms in total. The number of primary amides is 1. The van der Waals surface area contributed by atoms with Crippen molar-refractivity contribution in [2.24, 2.45) is 5.73 Å². The largest absolute Gasteiger partial charge is 0.368 e. The van der Waals surface area contributed by atoms with Gasteiger partial charge in [-0.3, -0.25) is 9.48 Å². The van der Waals surface area contributed by atoms with Crippen molar-refractivity contribution in [3.8, 4) is 0 Å². The minimum atomic E-state index is -0.499. The molecule has 2 rings (SSSR count). The van der Waals surface area contributed by atoms with E-state index in [2.05, 4.69) is 15.7 Å². The zero-order valence-electron chi connectivity index (χ0n) is 12.6. The number of hydrogen-bond donors (Lipinski definition) is 3. The summed E-state index contributed by atoms with van der Waals surface area (Å²) in [6.07, 6.45) is 3.67. The van der Waals surface area contributed by atoms with Crippen LogP contribution in [0.5, 0.6) is 0 Å². The Bertz CT molecular complexity index is 683. The van der Waals surface area contributed by atoms with E-state index < -0.39 is 5.91 Å². The van der Waals surface area contributed by atoms with Gasteiger partial charge in [0.2, 0.25) is 5.91 Å². The number of amides is 3. The molecule has 0 aliphatic rings. The van der Waals surface area contributed by atoms with E-state index in [9.17, 15) is 9.59 Å². The number of nitrogens with two attached hydrogens (primary N) is 1. The maximum atomic E-state index is 11.9. The summed E-state index contributed by atoms with van der Waals surface area (Å²) in [7, 11) is 0. The van der Waals surface area contributed by atoms with Crippen LogP contribution in [0.3, 0.4) is 0 Å². The first-order chi connectivity index (χ1) is 10.9. The summed E-state index contributed by atoms with van der Waals surface area (Å²) in [4.78, 5) is 22.7. The Balaban J connectivity index is 1.82. The third kappa shape index (κ3) is 5.63. The van der Waals surface area contributed by atoms with Crippen molar-refractivity contribution in [1.29, 1.82) is 0 Å². The molecule has 0 spiro atoms. The Morgan fingerprint density at radius 2 is 2.04 bits per heavy atom. The molecule has 0 aliphatic heterocycles. The molecular formula is C15H18ClN5O2. The second kappa shape index (κ2) is 7.64. The molecule has 1 aromatic heterocycles. The van der Waals surface area contributed by atoms with Crippen molar-refractivity contribution < 1.29 is 9.59 Å². The highest BCUT2D eigenvalue weighted by Gasteiger charge is 2.10. The molecule has 0 radical (unpaired) electrons. The third-order valence-corrected chi connectivity index (χ3v) is 3.29. The lowest BCUT2D eigenvalue weighted by Crippen LogP contribution is -2.37. The van der Waals surface area contributed by atoms with Crippen LogP contribution in [0.2, 0.25) is 5.02 Å². The number of carbonyl (C=O) groups excluding carboxylic acids is 2. The number of halogens is 1. The number of rotatable bonds is 6. The summed E-state index contributed by atoms with van der Waals surface area (Å²) < 4.78 is 1.36. The number of benzene rings is 1. The first-order valence-corrected chi connectivity index (χ1v) is 7.43. The molecule has 0 saturated carbocycles. The van der Waals surface area contributed by atoms with Crippen LogP contribution in [-0.2, 0) is 17.8 Å². The number of hydrogen-bond acceptors (Lipinski definition) is 3. The fourth-order valence-corrected chi connectivity index (χ4v) is 2.22. The van der Waals surface area contributed by atoms with Gasteiger partial charge in [0.15, 0.2) is 0 Å². The van der Waals surface area contributed by atoms with E-state index in [1.54, 1.807) is 0 Å². The number of anilines is 1. The maximum Gasteiger partial charge on any atom is 0.319 e. The molecule has 122 valence electrons. The van der Waals surface area contributed by atoms with Gasteiger partial charge in [0, 0.05) is 17.3 Å². The van der Waals surface area contributed by atoms with Gasteiger partial charge in [0.1, 0.15) is 6.54 Å². The van der Waals surface area contributed by atoms with Crippen molar-refractivity contribution in [2.75, 3.05) is 5.32 Å². The van der Waals surface area contributed by atoms with Crippen LogP contribution in [0, 0.1) is 0 Å². The lowest BCUT2D eigenvalue weighted by molar-refractivity contribution is -0.118. The molecule has 0 fully saturated rings. The molecule has 3 amide bonds. The number of nitrogens with one attached hydrogen (secondary N) is 2. The number of aromatic nitrogens is 2. The highest BCUT2D eigenvalue weighted by atomic mass is 35.5. The lowest BCUT2D eigenvalue weighted by Gasteiger charge is -2.14. The van der Waals surface area contributed by atoms with Gasteiger partial charge < -0.3 is 16.4 Å². The van der Waals surface area contributed by atoms with E-state index in [1.165, 1.54) is 17.1 Å². The van der Waals surface area contributed by atoms with Crippen LogP contribution < -0.4 is 16.4 Å². The fraction of sp³-hybridized carbons (Fsp3) is 0.267. The predicted octanol–water partition coefficient (Wildman–Crippen LogP) is 1.77. The van der Waals surface area contributed by atoms with Crippen molar-refractivity contribution in [3.05, 3.63) is 47.2 Å². The minimum Gasteiger partial charge on any atom is -0.368 e. The average molecular weight is 336 g/mol. The Hall–Kier alpha value is -2.54. The predicted molar refractivity (Wildman–Crippen MR) is 88.2 cm³/mol. The Morgan fingerprint density at radius 1 is 1.35 bits per heavy atom. The molecule has 1 atom stereocenters. The summed E-state index contributed by atoms with van der Waals surface area (Å²) in [6.45, 7) is 1.88. The average Bonchev–Trinajstić information content (AvgIpc) is 2.87. The molecule has 0 aliphatic carbocycles. The van der Waals surface area contributed by atoms with Crippen LogP contribution >= 0.6 is 11.6 Å². The summed E-state index contributed by atoms with van der Waals surface area (Å²) in [5.74, 6) is -0.499. The van der Waals surface area contributed by atoms with Crippen LogP contribution in [0.25, 0.3) is 0 Å². The summed E-state index contributed by atoms with van der Waals surface area (Å²) >= 11 is 5.84. The van der Waals surface area contributed by atoms with Crippen molar-refractivity contribution >= 4 is 29.2 Å². The van der Waals surface area contributed by atoms with Crippen LogP contribution in [0.1, 0.15) is 12.5 Å². The second-order valence-corrected chi connectivity index (χ2v) is 5.66. The zero-order valence-corrected chi connectivity index (χ0v) is 13.4. The molecule has 4 N–H and O–H groups in total. The van der Waals surface area contributed by atoms with E-state index in [1.807, 2.05) is 31.2 Å². The van der Waals surface area contributed by atoms with Crippen LogP contribution in [0.15, 0.2) is 36.7 Å². The van der Waals surface area contributed by atoms with Gasteiger partial charge in [0.05, 0.1) is 11.9 Å². The molecule has 1 heterocycles. The standard InChI is InChI=1S/C15H18ClN5O2/c1-10(6-11-2-4-12(16)5-3-11)19-15(23)20-13-7-18-21(8-13)9-14(17)22/h2-5,7-8,10H,6,9H2,1H3,(H2,17,22)(H2,19,20,23). The zero-order chi connectivity index (χ0) is 16.8. The van der Waals surface area contributed by atoms with E-state index in [0.717, 1.165) is 5.56 Å². The molecule has 0 bridgehead atoms. The van der Waals surface area contributed by atoms with Gasteiger partial charge in [0.25, 0.3) is 0 Å². The van der Waals surface area contributed by atoms with E-state index in [-0.39, 0.29) is 18.6 Å². The minimum absolute atomic E-state index is 0.0315. The maximum absolute atomic E-state index is 11.9. The molecule has 2 aromatic rings. The first-order valence-electron chi connectivity index (χ1n) is 7.05. The van der Waals surface area contributed by atoms with Gasteiger partial charge in [-0.15, -0.1) is 0 Å². The van der Waals surface area contributed by atoms with Crippen molar-refractivity contribution in [3.63, 3.8) is 0 Å². The SMILES string of the molecule is CC(Cc1ccc(Cl)cc1)NC(=O)Nc1cnn(CC(N)=O)c1. The van der Waals surface area contributed by atoms with Crippen LogP contribution in [0.4, 0.5) is 10.5 Å². The smallest absolute Gasteiger partial charge is 0.319 e. The quantitative estimate of drug-likeness (QED) is 0.749. The van der Waals surface area contributed by atoms with Crippen molar-refractivity contribution in [2.45, 2.75) is 25.9 Å². The van der Waals surface area contributed by atoms with E-state index >= 15 is 0 Å². The topological polar surface area (TPSA) is 102 Å². The molecular weight excluding hydrogens is 318 g/mol. The molecule has 8 heteroatoms. The normalized spacial score (nSPS) is 11.7. The van der Waals surface area contributed by atoms with Gasteiger partial charge in [-0.2, -0.15) is 5.10 Å². The second-order valence-electron chi connectivity index (χ2n) is 5.22. The van der Waals surface area contributed by atoms with E-state index in [0.29, 0.717) is 17.1 Å². The highest BCUT2D eigenvalue weighted by molar-refractivity contribution is 6.30. The Kier molecular flexibility index (Phi) is 5.59. The summed E-state index contributed by atoms with van der Waals surface area (Å²) in [5, 5.41) is 10.1. The fourth-order valence-electron chi connectivity index (χ4n) is 2.09. The summed E-state index contributed by atoms with van der Waals surface area (Å²) in [6, 6.07) is 7.08. The van der Waals surface area contributed by atoms with E-state index in [4.69, 9.17) is 17.3 Å². The van der Waals surface area contributed by atoms with Gasteiger partial charge in [-0.25, -0.2) is 4.79 Å². The third-order valence-electron chi connectivity index (χ3n) is 3.04. The summed E-state index contributed by atoms with van der Waals surface area (Å²) in [5.41, 5.74) is 6.64. The van der Waals surface area contributed by atoms with Gasteiger partial charge in [-0.05, 0) is 31.0 Å². The number of urea groups is 1. The van der Waals surface area contributed by atoms with Crippen LogP contribution in [-0.4, -0.2) is 27.8 Å². The molecule has 23 heavy (non-hydrogen) atoms. The first kappa shape index (κ1) is 16.8. The number of carbonyl (C=O) groups is 2. The highest BCUT2D eigenvalue weighted by Crippen LogP contribution is 2.11. The van der Waals surface area contributed by atoms with Gasteiger partial charge in [-0.1, -0.05) is 23.7 Å². The molecule has 1 unspecified atom stereocenters.